The van der Waals surface area contributed by atoms with Crippen molar-refractivity contribution in [1.29, 1.82) is 0 Å². The second kappa shape index (κ2) is 15.1. The summed E-state index contributed by atoms with van der Waals surface area (Å²) in [6.45, 7) is 5.99. The van der Waals surface area contributed by atoms with Crippen molar-refractivity contribution in [2.24, 2.45) is 0 Å². The van der Waals surface area contributed by atoms with Crippen LogP contribution in [-0.2, 0) is 23.7 Å². The lowest BCUT2D eigenvalue weighted by Crippen LogP contribution is -2.46. The molecule has 5 aliphatic rings. The molecule has 2 N–H and O–H groups in total. The summed E-state index contributed by atoms with van der Waals surface area (Å²) in [6, 6.07) is 0. The van der Waals surface area contributed by atoms with Gasteiger partial charge in [-0.15, -0.1) is 9.24 Å². The van der Waals surface area contributed by atoms with Gasteiger partial charge in [-0.25, -0.2) is 0 Å². The summed E-state index contributed by atoms with van der Waals surface area (Å²) in [5.41, 5.74) is -0.130. The minimum Gasteiger partial charge on any atom is -0.396 e. The Morgan fingerprint density at radius 3 is 1.61 bits per heavy atom. The Labute approximate surface area is 223 Å². The Hall–Kier alpha value is 0.215. The van der Waals surface area contributed by atoms with E-state index in [-0.39, 0.29) is 36.8 Å². The highest BCUT2D eigenvalue weighted by Crippen LogP contribution is 2.45. The Bertz CT molecular complexity index is 578. The molecule has 0 aromatic carbocycles. The van der Waals surface area contributed by atoms with Crippen LogP contribution in [-0.4, -0.2) is 86.0 Å². The van der Waals surface area contributed by atoms with Gasteiger partial charge in [-0.05, 0) is 64.2 Å². The molecule has 210 valence electrons. The first-order chi connectivity index (χ1) is 16.7. The van der Waals surface area contributed by atoms with E-state index < -0.39 is 5.60 Å². The van der Waals surface area contributed by atoms with Gasteiger partial charge in [-0.2, -0.15) is 0 Å². The quantitative estimate of drug-likeness (QED) is 0.316. The van der Waals surface area contributed by atoms with Crippen LogP contribution in [0.15, 0.2) is 0 Å². The molecule has 3 saturated heterocycles. The first-order valence-electron chi connectivity index (χ1n) is 13.8. The fourth-order valence-corrected chi connectivity index (χ4v) is 5.87. The Morgan fingerprint density at radius 2 is 1.19 bits per heavy atom. The molecule has 5 rings (SSSR count). The van der Waals surface area contributed by atoms with E-state index in [2.05, 4.69) is 9.24 Å². The summed E-state index contributed by atoms with van der Waals surface area (Å²) in [5.74, 6) is -0.616. The topological polar surface area (TPSA) is 86.6 Å². The fourth-order valence-electron chi connectivity index (χ4n) is 5.87. The molecular weight excluding hydrogens is 478 g/mol. The lowest BCUT2D eigenvalue weighted by Gasteiger charge is -2.45. The minimum absolute atomic E-state index is 0. The molecule has 9 heteroatoms. The van der Waals surface area contributed by atoms with Gasteiger partial charge in [-0.3, -0.25) is 0 Å². The molecule has 3 spiro atoms. The summed E-state index contributed by atoms with van der Waals surface area (Å²) in [7, 11) is 7.51. The first-order valence-corrected chi connectivity index (χ1v) is 14.5. The van der Waals surface area contributed by atoms with Gasteiger partial charge < -0.3 is 33.9 Å². The van der Waals surface area contributed by atoms with Gasteiger partial charge >= 0.3 is 0 Å². The van der Waals surface area contributed by atoms with Gasteiger partial charge in [0.2, 0.25) is 0 Å². The van der Waals surface area contributed by atoms with E-state index in [1.165, 1.54) is 19.3 Å². The SMILES string of the molecule is C.C1CCC2(CCC3(CC2)OCCO3)OC1.OCCCCC1(O)CCC2(CC1)OCCO2.[B]C(C)P. The summed E-state index contributed by atoms with van der Waals surface area (Å²) in [6.07, 6.45) is 13.6. The third-order valence-electron chi connectivity index (χ3n) is 7.98. The molecule has 2 saturated carbocycles. The maximum Gasteiger partial charge on any atom is 0.168 e. The van der Waals surface area contributed by atoms with Crippen LogP contribution in [0.25, 0.3) is 0 Å². The monoisotopic (exact) mass is 530 g/mol. The van der Waals surface area contributed by atoms with Gasteiger partial charge in [0.15, 0.2) is 11.6 Å². The Balaban J connectivity index is 0.000000216. The smallest absolute Gasteiger partial charge is 0.168 e. The lowest BCUT2D eigenvalue weighted by molar-refractivity contribution is -0.216. The Morgan fingerprint density at radius 1 is 0.722 bits per heavy atom. The molecule has 2 atom stereocenters. The molecule has 2 radical (unpaired) electrons. The first kappa shape index (κ1) is 32.4. The predicted molar refractivity (Wildman–Crippen MR) is 146 cm³/mol. The number of aliphatic hydroxyl groups is 2. The molecular formula is C27H52BO7P. The van der Waals surface area contributed by atoms with Gasteiger partial charge in [0.1, 0.15) is 0 Å². The van der Waals surface area contributed by atoms with Crippen molar-refractivity contribution < 1.29 is 33.9 Å². The van der Waals surface area contributed by atoms with Crippen LogP contribution in [0.5, 0.6) is 0 Å². The molecule has 7 nitrogen and oxygen atoms in total. The number of aliphatic hydroxyl groups excluding tert-OH is 1. The molecule has 3 aliphatic heterocycles. The Kier molecular flexibility index (Phi) is 13.6. The third kappa shape index (κ3) is 9.75. The van der Waals surface area contributed by atoms with E-state index in [0.29, 0.717) is 13.2 Å². The van der Waals surface area contributed by atoms with Crippen LogP contribution in [0.3, 0.4) is 0 Å². The van der Waals surface area contributed by atoms with Gasteiger partial charge in [0, 0.05) is 38.9 Å². The van der Waals surface area contributed by atoms with E-state index in [9.17, 15) is 5.11 Å². The molecule has 0 aromatic rings. The highest BCUT2D eigenvalue weighted by molar-refractivity contribution is 7.20. The average molecular weight is 530 g/mol. The zero-order chi connectivity index (χ0) is 25.3. The molecule has 0 aromatic heterocycles. The fraction of sp³-hybridized carbons (Fsp3) is 1.00. The van der Waals surface area contributed by atoms with Crippen LogP contribution in [0.2, 0.25) is 0 Å². The largest absolute Gasteiger partial charge is 0.396 e. The zero-order valence-electron chi connectivity index (χ0n) is 21.8. The van der Waals surface area contributed by atoms with E-state index in [1.807, 2.05) is 6.92 Å². The maximum atomic E-state index is 10.3. The number of unbranched alkanes of at least 4 members (excludes halogenated alkanes) is 1. The number of rotatable bonds is 4. The molecule has 2 aliphatic carbocycles. The molecule has 5 fully saturated rings. The van der Waals surface area contributed by atoms with Crippen molar-refractivity contribution in [3.8, 4) is 0 Å². The van der Waals surface area contributed by atoms with E-state index in [0.717, 1.165) is 90.4 Å². The highest BCUT2D eigenvalue weighted by atomic mass is 31.0. The van der Waals surface area contributed by atoms with Gasteiger partial charge in [0.25, 0.3) is 0 Å². The summed E-state index contributed by atoms with van der Waals surface area (Å²) >= 11 is 0. The van der Waals surface area contributed by atoms with Crippen LogP contribution in [0, 0.1) is 0 Å². The van der Waals surface area contributed by atoms with E-state index >= 15 is 0 Å². The number of ether oxygens (including phenoxy) is 5. The van der Waals surface area contributed by atoms with Crippen molar-refractivity contribution >= 4 is 17.1 Å². The number of hydrogen-bond acceptors (Lipinski definition) is 7. The summed E-state index contributed by atoms with van der Waals surface area (Å²) in [5, 5.41) is 19.1. The standard InChI is InChI=1S/C12H22O4.C12H20O3.C2H6BP.CH4/c13-8-2-1-3-11(14)4-6-12(7-5-11)15-9-10-16-12;1-2-8-13-11(3-1)4-6-12(7-5-11)14-9-10-15-12;1-2(3)4;/h13-14H,1-10H2;1-10H2;2H,4H2,1H3;1H4. The second-order valence-corrected chi connectivity index (χ2v) is 12.0. The second-order valence-electron chi connectivity index (χ2n) is 11.0. The van der Waals surface area contributed by atoms with Crippen molar-refractivity contribution in [3.63, 3.8) is 0 Å². The van der Waals surface area contributed by atoms with Crippen molar-refractivity contribution in [2.75, 3.05) is 39.6 Å². The van der Waals surface area contributed by atoms with E-state index in [1.54, 1.807) is 0 Å². The third-order valence-corrected chi connectivity index (χ3v) is 7.98. The van der Waals surface area contributed by atoms with Crippen molar-refractivity contribution in [2.45, 2.75) is 133 Å². The normalized spacial score (nSPS) is 30.6. The van der Waals surface area contributed by atoms with Crippen molar-refractivity contribution in [1.82, 2.24) is 0 Å². The molecule has 2 unspecified atom stereocenters. The predicted octanol–water partition coefficient (Wildman–Crippen LogP) is 4.45. The minimum atomic E-state index is -0.560. The average Bonchev–Trinajstić information content (AvgIpc) is 3.50. The number of hydrogen-bond donors (Lipinski definition) is 2. The summed E-state index contributed by atoms with van der Waals surface area (Å²) in [4.78, 5) is 0. The van der Waals surface area contributed by atoms with Crippen molar-refractivity contribution in [3.05, 3.63) is 0 Å². The molecule has 0 amide bonds. The lowest BCUT2D eigenvalue weighted by atomic mass is 9.77. The van der Waals surface area contributed by atoms with Crippen LogP contribution in [0.4, 0.5) is 0 Å². The highest BCUT2D eigenvalue weighted by Gasteiger charge is 2.47. The molecule has 36 heavy (non-hydrogen) atoms. The van der Waals surface area contributed by atoms with Gasteiger partial charge in [0.05, 0.1) is 45.5 Å². The van der Waals surface area contributed by atoms with Crippen LogP contribution >= 0.6 is 9.24 Å². The molecule has 3 heterocycles. The molecule has 0 bridgehead atoms. The van der Waals surface area contributed by atoms with Crippen LogP contribution < -0.4 is 0 Å². The van der Waals surface area contributed by atoms with Crippen LogP contribution in [0.1, 0.15) is 104 Å². The maximum absolute atomic E-state index is 10.3. The van der Waals surface area contributed by atoms with E-state index in [4.69, 9.17) is 36.6 Å². The zero-order valence-corrected chi connectivity index (χ0v) is 23.0. The summed E-state index contributed by atoms with van der Waals surface area (Å²) < 4.78 is 28.7. The van der Waals surface area contributed by atoms with Gasteiger partial charge in [-0.1, -0.05) is 19.9 Å².